The highest BCUT2D eigenvalue weighted by Gasteiger charge is 2.29. The normalized spacial score (nSPS) is 21.0. The lowest BCUT2D eigenvalue weighted by Gasteiger charge is -2.28. The van der Waals surface area contributed by atoms with Gasteiger partial charge in [-0.15, -0.1) is 0 Å². The quantitative estimate of drug-likeness (QED) is 0.711. The van der Waals surface area contributed by atoms with Gasteiger partial charge in [-0.2, -0.15) is 13.7 Å². The second kappa shape index (κ2) is 7.51. The number of hydrogen-bond acceptors (Lipinski definition) is 6. The average molecular weight is 360 g/mol. The van der Waals surface area contributed by atoms with E-state index in [1.54, 1.807) is 24.4 Å². The van der Waals surface area contributed by atoms with E-state index in [0.717, 1.165) is 0 Å². The Morgan fingerprint density at radius 1 is 1.24 bits per heavy atom. The Morgan fingerprint density at radius 2 is 1.88 bits per heavy atom. The zero-order chi connectivity index (χ0) is 18.6. The summed E-state index contributed by atoms with van der Waals surface area (Å²) < 4.78 is 31.2. The van der Waals surface area contributed by atoms with Crippen LogP contribution in [0.1, 0.15) is 20.8 Å². The van der Waals surface area contributed by atoms with Gasteiger partial charge in [-0.05, 0) is 37.4 Å². The minimum atomic E-state index is -4.22. The molecule has 132 valence electrons. The molecule has 0 radical (unpaired) electrons. The van der Waals surface area contributed by atoms with Crippen LogP contribution in [0.3, 0.4) is 0 Å². The summed E-state index contributed by atoms with van der Waals surface area (Å²) in [6.45, 7) is 5.78. The number of nitriles is 1. The molecular formula is C17H20N4O3S. The van der Waals surface area contributed by atoms with Gasteiger partial charge in [0.25, 0.3) is 10.1 Å². The Balaban J connectivity index is 2.32. The summed E-state index contributed by atoms with van der Waals surface area (Å²) in [6.07, 6.45) is 3.51. The van der Waals surface area contributed by atoms with Crippen molar-refractivity contribution in [3.63, 3.8) is 0 Å². The molecule has 2 rings (SSSR count). The molecule has 0 amide bonds. The molecule has 0 saturated carbocycles. The van der Waals surface area contributed by atoms with E-state index in [4.69, 9.17) is 4.55 Å². The van der Waals surface area contributed by atoms with Gasteiger partial charge in [-0.25, -0.2) is 4.99 Å². The number of nitrogens with zero attached hydrogens (tertiary/aromatic N) is 2. The average Bonchev–Trinajstić information content (AvgIpc) is 2.57. The molecule has 0 aliphatic carbocycles. The van der Waals surface area contributed by atoms with Crippen molar-refractivity contribution in [3.05, 3.63) is 47.9 Å². The number of anilines is 1. The SMILES string of the molecule is C/C=C/NC1=C(C#N)C(C)C(C)C(Nc2ccc(S(=O)(=O)O)cc2)=N1. The molecule has 3 N–H and O–H groups in total. The Labute approximate surface area is 147 Å². The first-order valence-corrected chi connectivity index (χ1v) is 9.17. The van der Waals surface area contributed by atoms with Gasteiger partial charge >= 0.3 is 0 Å². The summed E-state index contributed by atoms with van der Waals surface area (Å²) in [5.41, 5.74) is 1.22. The van der Waals surface area contributed by atoms with Crippen LogP contribution in [0.25, 0.3) is 0 Å². The van der Waals surface area contributed by atoms with Crippen LogP contribution < -0.4 is 10.6 Å². The number of amidine groups is 1. The molecule has 1 aromatic rings. The Bertz CT molecular complexity index is 877. The maximum atomic E-state index is 11.1. The van der Waals surface area contributed by atoms with Gasteiger partial charge in [0, 0.05) is 17.5 Å². The predicted molar refractivity (Wildman–Crippen MR) is 96.2 cm³/mol. The van der Waals surface area contributed by atoms with Crippen LogP contribution in [0.2, 0.25) is 0 Å². The lowest BCUT2D eigenvalue weighted by atomic mass is 9.86. The standard InChI is InChI=1S/C17H20N4O3S/c1-4-9-19-17-15(10-18)11(2)12(3)16(21-17)20-13-5-7-14(8-6-13)25(22,23)24/h4-9,11-12,19H,1-3H3,(H,20,21)(H,22,23,24)/b9-4+. The topological polar surface area (TPSA) is 115 Å². The Hall–Kier alpha value is -2.63. The molecule has 1 aromatic carbocycles. The molecule has 1 heterocycles. The van der Waals surface area contributed by atoms with Crippen LogP contribution in [0.5, 0.6) is 0 Å². The van der Waals surface area contributed by atoms with E-state index in [-0.39, 0.29) is 16.7 Å². The van der Waals surface area contributed by atoms with Gasteiger partial charge in [-0.3, -0.25) is 4.55 Å². The van der Waals surface area contributed by atoms with Crippen molar-refractivity contribution in [3.8, 4) is 6.07 Å². The highest BCUT2D eigenvalue weighted by molar-refractivity contribution is 7.85. The van der Waals surface area contributed by atoms with Gasteiger partial charge < -0.3 is 10.6 Å². The maximum Gasteiger partial charge on any atom is 0.294 e. The first-order chi connectivity index (χ1) is 11.8. The highest BCUT2D eigenvalue weighted by Crippen LogP contribution is 2.29. The second-order valence-electron chi connectivity index (χ2n) is 5.72. The number of rotatable bonds is 4. The van der Waals surface area contributed by atoms with Crippen molar-refractivity contribution >= 4 is 21.6 Å². The lowest BCUT2D eigenvalue weighted by molar-refractivity contribution is 0.483. The minimum Gasteiger partial charge on any atom is -0.346 e. The van der Waals surface area contributed by atoms with Crippen LogP contribution in [-0.2, 0) is 10.1 Å². The molecule has 7 nitrogen and oxygen atoms in total. The molecule has 8 heteroatoms. The van der Waals surface area contributed by atoms with Crippen LogP contribution in [0.4, 0.5) is 5.69 Å². The van der Waals surface area contributed by atoms with E-state index in [9.17, 15) is 13.7 Å². The highest BCUT2D eigenvalue weighted by atomic mass is 32.2. The summed E-state index contributed by atoms with van der Waals surface area (Å²) in [6, 6.07) is 7.92. The van der Waals surface area contributed by atoms with Gasteiger partial charge in [0.1, 0.15) is 11.7 Å². The third-order valence-electron chi connectivity index (χ3n) is 4.06. The minimum absolute atomic E-state index is 0.0212. The van der Waals surface area contributed by atoms with Gasteiger partial charge in [0.15, 0.2) is 0 Å². The summed E-state index contributed by atoms with van der Waals surface area (Å²) in [7, 11) is -4.22. The number of nitrogens with one attached hydrogen (secondary N) is 2. The predicted octanol–water partition coefficient (Wildman–Crippen LogP) is 2.89. The fraction of sp³-hybridized carbons (Fsp3) is 0.294. The fourth-order valence-corrected chi connectivity index (χ4v) is 2.89. The molecular weight excluding hydrogens is 340 g/mol. The van der Waals surface area contributed by atoms with Crippen molar-refractivity contribution in [2.75, 3.05) is 5.32 Å². The van der Waals surface area contributed by atoms with E-state index < -0.39 is 10.1 Å². The van der Waals surface area contributed by atoms with Crippen LogP contribution in [0.15, 0.2) is 57.8 Å². The molecule has 2 atom stereocenters. The van der Waals surface area contributed by atoms with Crippen LogP contribution in [0, 0.1) is 23.2 Å². The fourth-order valence-electron chi connectivity index (χ4n) is 2.41. The van der Waals surface area contributed by atoms with Crippen LogP contribution in [-0.4, -0.2) is 18.8 Å². The molecule has 0 saturated heterocycles. The smallest absolute Gasteiger partial charge is 0.294 e. The van der Waals surface area contributed by atoms with Gasteiger partial charge in [-0.1, -0.05) is 19.9 Å². The molecule has 0 fully saturated rings. The summed E-state index contributed by atoms with van der Waals surface area (Å²) in [4.78, 5) is 4.33. The third-order valence-corrected chi connectivity index (χ3v) is 4.92. The largest absolute Gasteiger partial charge is 0.346 e. The van der Waals surface area contributed by atoms with Crippen molar-refractivity contribution in [2.45, 2.75) is 25.7 Å². The summed E-state index contributed by atoms with van der Waals surface area (Å²) in [5.74, 6) is 1.10. The Morgan fingerprint density at radius 3 is 2.40 bits per heavy atom. The lowest BCUT2D eigenvalue weighted by Crippen LogP contribution is -2.32. The molecule has 1 aliphatic heterocycles. The zero-order valence-corrected chi connectivity index (χ0v) is 15.0. The van der Waals surface area contributed by atoms with Crippen molar-refractivity contribution in [1.82, 2.24) is 5.32 Å². The Kier molecular flexibility index (Phi) is 5.62. The van der Waals surface area contributed by atoms with E-state index in [0.29, 0.717) is 22.9 Å². The van der Waals surface area contributed by atoms with Crippen LogP contribution >= 0.6 is 0 Å². The number of benzene rings is 1. The van der Waals surface area contributed by atoms with Crippen molar-refractivity contribution in [2.24, 2.45) is 16.8 Å². The molecule has 0 spiro atoms. The van der Waals surface area contributed by atoms with Gasteiger partial charge in [0.2, 0.25) is 0 Å². The van der Waals surface area contributed by atoms with Crippen molar-refractivity contribution < 1.29 is 13.0 Å². The van der Waals surface area contributed by atoms with Crippen molar-refractivity contribution in [1.29, 1.82) is 5.26 Å². The molecule has 2 unspecified atom stereocenters. The summed E-state index contributed by atoms with van der Waals surface area (Å²) in [5, 5.41) is 15.6. The zero-order valence-electron chi connectivity index (χ0n) is 14.2. The number of aliphatic imine (C=N–C) groups is 1. The maximum absolute atomic E-state index is 11.1. The molecule has 1 aliphatic rings. The second-order valence-corrected chi connectivity index (χ2v) is 7.14. The number of allylic oxidation sites excluding steroid dienone is 2. The summed E-state index contributed by atoms with van der Waals surface area (Å²) >= 11 is 0. The molecule has 25 heavy (non-hydrogen) atoms. The molecule has 0 bridgehead atoms. The number of hydrogen-bond donors (Lipinski definition) is 3. The van der Waals surface area contributed by atoms with E-state index in [1.807, 2.05) is 20.8 Å². The first-order valence-electron chi connectivity index (χ1n) is 7.73. The van der Waals surface area contributed by atoms with Gasteiger partial charge in [0.05, 0.1) is 16.5 Å². The monoisotopic (exact) mass is 360 g/mol. The van der Waals surface area contributed by atoms with E-state index in [2.05, 4.69) is 21.7 Å². The van der Waals surface area contributed by atoms with E-state index in [1.165, 1.54) is 12.1 Å². The first kappa shape index (κ1) is 18.7. The molecule has 0 aromatic heterocycles. The van der Waals surface area contributed by atoms with E-state index >= 15 is 0 Å². The third kappa shape index (κ3) is 4.26.